The first-order valence-corrected chi connectivity index (χ1v) is 6.47. The van der Waals surface area contributed by atoms with Gasteiger partial charge in [0.25, 0.3) is 0 Å². The highest BCUT2D eigenvalue weighted by Gasteiger charge is 2.17. The van der Waals surface area contributed by atoms with E-state index in [-0.39, 0.29) is 6.54 Å². The maximum absolute atomic E-state index is 11.4. The average molecular weight is 316 g/mol. The monoisotopic (exact) mass is 315 g/mol. The van der Waals surface area contributed by atoms with Crippen molar-refractivity contribution in [2.75, 3.05) is 6.54 Å². The summed E-state index contributed by atoms with van der Waals surface area (Å²) < 4.78 is 5.96. The molecule has 1 rings (SSSR count). The lowest BCUT2D eigenvalue weighted by atomic mass is 10.1. The molecule has 0 aliphatic rings. The number of halogens is 1. The van der Waals surface area contributed by atoms with E-state index >= 15 is 0 Å². The number of aliphatic hydroxyl groups excluding tert-OH is 1. The van der Waals surface area contributed by atoms with Crippen LogP contribution >= 0.6 is 15.9 Å². The molecule has 0 aliphatic heterocycles. The fourth-order valence-corrected chi connectivity index (χ4v) is 1.74. The van der Waals surface area contributed by atoms with Gasteiger partial charge in [0, 0.05) is 4.47 Å². The van der Waals surface area contributed by atoms with E-state index in [2.05, 4.69) is 21.2 Å². The average Bonchev–Trinajstić information content (AvgIpc) is 2.23. The van der Waals surface area contributed by atoms with Gasteiger partial charge < -0.3 is 15.2 Å². The highest BCUT2D eigenvalue weighted by Crippen LogP contribution is 2.17. The first-order chi connectivity index (χ1) is 8.28. The summed E-state index contributed by atoms with van der Waals surface area (Å²) in [5.41, 5.74) is 0.200. The highest BCUT2D eigenvalue weighted by molar-refractivity contribution is 9.10. The van der Waals surface area contributed by atoms with Gasteiger partial charge in [-0.05, 0) is 38.5 Å². The minimum atomic E-state index is -0.755. The van der Waals surface area contributed by atoms with Crippen LogP contribution in [0.1, 0.15) is 32.4 Å². The molecule has 1 atom stereocenters. The summed E-state index contributed by atoms with van der Waals surface area (Å²) in [7, 11) is 0. The standard InChI is InChI=1S/C13H18BrNO3/c1-13(2,3)18-12(17)15-8-11(16)9-5-4-6-10(14)7-9/h4-7,11,16H,8H2,1-3H3,(H,15,17). The first-order valence-electron chi connectivity index (χ1n) is 5.68. The van der Waals surface area contributed by atoms with E-state index < -0.39 is 17.8 Å². The molecule has 0 saturated heterocycles. The Morgan fingerprint density at radius 2 is 2.17 bits per heavy atom. The van der Waals surface area contributed by atoms with Gasteiger partial charge in [-0.25, -0.2) is 4.79 Å². The van der Waals surface area contributed by atoms with Gasteiger partial charge >= 0.3 is 6.09 Å². The lowest BCUT2D eigenvalue weighted by Crippen LogP contribution is -2.34. The third kappa shape index (κ3) is 5.51. The zero-order valence-electron chi connectivity index (χ0n) is 10.7. The predicted molar refractivity (Wildman–Crippen MR) is 73.3 cm³/mol. The van der Waals surface area contributed by atoms with Gasteiger partial charge in [0.05, 0.1) is 12.6 Å². The molecule has 0 fully saturated rings. The third-order valence-corrected chi connectivity index (χ3v) is 2.57. The van der Waals surface area contributed by atoms with E-state index in [1.54, 1.807) is 32.9 Å². The topological polar surface area (TPSA) is 58.6 Å². The highest BCUT2D eigenvalue weighted by atomic mass is 79.9. The first kappa shape index (κ1) is 15.0. The minimum absolute atomic E-state index is 0.116. The second-order valence-electron chi connectivity index (χ2n) is 4.95. The van der Waals surface area contributed by atoms with Crippen LogP contribution in [-0.2, 0) is 4.74 Å². The predicted octanol–water partition coefficient (Wildman–Crippen LogP) is 3.01. The van der Waals surface area contributed by atoms with Crippen molar-refractivity contribution in [1.82, 2.24) is 5.32 Å². The minimum Gasteiger partial charge on any atom is -0.444 e. The van der Waals surface area contributed by atoms with Crippen LogP contribution in [0, 0.1) is 0 Å². The SMILES string of the molecule is CC(C)(C)OC(=O)NCC(O)c1cccc(Br)c1. The van der Waals surface area contributed by atoms with Crippen molar-refractivity contribution in [3.63, 3.8) is 0 Å². The van der Waals surface area contributed by atoms with Crippen molar-refractivity contribution in [2.24, 2.45) is 0 Å². The van der Waals surface area contributed by atoms with Gasteiger partial charge in [0.2, 0.25) is 0 Å². The number of benzene rings is 1. The van der Waals surface area contributed by atoms with E-state index in [1.165, 1.54) is 0 Å². The number of nitrogens with one attached hydrogen (secondary N) is 1. The Balaban J connectivity index is 2.46. The molecule has 1 aromatic rings. The summed E-state index contributed by atoms with van der Waals surface area (Å²) in [6.45, 7) is 5.48. The summed E-state index contributed by atoms with van der Waals surface area (Å²) in [6, 6.07) is 7.31. The van der Waals surface area contributed by atoms with Gasteiger partial charge in [-0.2, -0.15) is 0 Å². The molecule has 100 valence electrons. The van der Waals surface area contributed by atoms with Gasteiger partial charge in [-0.15, -0.1) is 0 Å². The summed E-state index contributed by atoms with van der Waals surface area (Å²) in [6.07, 6.45) is -1.29. The van der Waals surface area contributed by atoms with Gasteiger partial charge in [0.1, 0.15) is 5.60 Å². The number of rotatable bonds is 3. The molecular formula is C13H18BrNO3. The van der Waals surface area contributed by atoms with E-state index in [0.717, 1.165) is 10.0 Å². The Morgan fingerprint density at radius 3 is 2.72 bits per heavy atom. The maximum Gasteiger partial charge on any atom is 0.407 e. The molecule has 0 bridgehead atoms. The quantitative estimate of drug-likeness (QED) is 0.901. The molecule has 0 saturated carbocycles. The van der Waals surface area contributed by atoms with E-state index in [4.69, 9.17) is 4.74 Å². The summed E-state index contributed by atoms with van der Waals surface area (Å²) >= 11 is 3.33. The number of hydrogen-bond donors (Lipinski definition) is 2. The van der Waals surface area contributed by atoms with Crippen LogP contribution in [0.3, 0.4) is 0 Å². The summed E-state index contributed by atoms with van der Waals surface area (Å²) in [5, 5.41) is 12.4. The van der Waals surface area contributed by atoms with E-state index in [0.29, 0.717) is 0 Å². The normalized spacial score (nSPS) is 12.9. The van der Waals surface area contributed by atoms with Crippen molar-refractivity contribution in [1.29, 1.82) is 0 Å². The fourth-order valence-electron chi connectivity index (χ4n) is 1.33. The number of amides is 1. The molecule has 2 N–H and O–H groups in total. The molecule has 0 radical (unpaired) electrons. The Hall–Kier alpha value is -1.07. The van der Waals surface area contributed by atoms with Crippen LogP contribution in [0.25, 0.3) is 0 Å². The zero-order chi connectivity index (χ0) is 13.8. The van der Waals surface area contributed by atoms with Gasteiger partial charge in [0.15, 0.2) is 0 Å². The van der Waals surface area contributed by atoms with Crippen LogP contribution in [0.5, 0.6) is 0 Å². The number of aliphatic hydroxyl groups is 1. The number of carbonyl (C=O) groups excluding carboxylic acids is 1. The van der Waals surface area contributed by atoms with Crippen LogP contribution in [0.2, 0.25) is 0 Å². The van der Waals surface area contributed by atoms with Crippen molar-refractivity contribution in [3.8, 4) is 0 Å². The van der Waals surface area contributed by atoms with E-state index in [1.807, 2.05) is 12.1 Å². The number of carbonyl (C=O) groups is 1. The fraction of sp³-hybridized carbons (Fsp3) is 0.462. The zero-order valence-corrected chi connectivity index (χ0v) is 12.3. The lowest BCUT2D eigenvalue weighted by Gasteiger charge is -2.20. The summed E-state index contributed by atoms with van der Waals surface area (Å²) in [5.74, 6) is 0. The van der Waals surface area contributed by atoms with Crippen molar-refractivity contribution < 1.29 is 14.6 Å². The van der Waals surface area contributed by atoms with Gasteiger partial charge in [-0.3, -0.25) is 0 Å². The molecule has 0 spiro atoms. The number of hydrogen-bond acceptors (Lipinski definition) is 3. The van der Waals surface area contributed by atoms with Crippen LogP contribution < -0.4 is 5.32 Å². The molecule has 1 amide bonds. The Bertz CT molecular complexity index is 415. The second kappa shape index (κ2) is 6.20. The van der Waals surface area contributed by atoms with Crippen molar-refractivity contribution in [3.05, 3.63) is 34.3 Å². The largest absolute Gasteiger partial charge is 0.444 e. The van der Waals surface area contributed by atoms with Crippen molar-refractivity contribution >= 4 is 22.0 Å². The van der Waals surface area contributed by atoms with Crippen LogP contribution in [0.4, 0.5) is 4.79 Å². The number of ether oxygens (including phenoxy) is 1. The molecular weight excluding hydrogens is 298 g/mol. The van der Waals surface area contributed by atoms with Crippen molar-refractivity contribution in [2.45, 2.75) is 32.5 Å². The molecule has 0 aromatic heterocycles. The number of alkyl carbamates (subject to hydrolysis) is 1. The Labute approximate surface area is 115 Å². The molecule has 5 heteroatoms. The Morgan fingerprint density at radius 1 is 1.50 bits per heavy atom. The van der Waals surface area contributed by atoms with E-state index in [9.17, 15) is 9.90 Å². The molecule has 0 heterocycles. The maximum atomic E-state index is 11.4. The second-order valence-corrected chi connectivity index (χ2v) is 5.87. The molecule has 4 nitrogen and oxygen atoms in total. The Kier molecular flexibility index (Phi) is 5.16. The summed E-state index contributed by atoms with van der Waals surface area (Å²) in [4.78, 5) is 11.4. The molecule has 1 aromatic carbocycles. The third-order valence-electron chi connectivity index (χ3n) is 2.07. The molecule has 0 aliphatic carbocycles. The lowest BCUT2D eigenvalue weighted by molar-refractivity contribution is 0.0492. The van der Waals surface area contributed by atoms with Crippen LogP contribution in [0.15, 0.2) is 28.7 Å². The van der Waals surface area contributed by atoms with Gasteiger partial charge in [-0.1, -0.05) is 28.1 Å². The molecule has 1 unspecified atom stereocenters. The molecule has 18 heavy (non-hydrogen) atoms. The van der Waals surface area contributed by atoms with Crippen LogP contribution in [-0.4, -0.2) is 23.3 Å². The smallest absolute Gasteiger partial charge is 0.407 e.